The van der Waals surface area contributed by atoms with Gasteiger partial charge in [-0.05, 0) is 6.42 Å². The fraction of sp³-hybridized carbons (Fsp3) is 0.417. The molecule has 2 aromatic heterocycles. The number of aromatic nitrogens is 3. The number of nitrogens with two attached hydrogens (primary N) is 1. The van der Waals surface area contributed by atoms with E-state index in [1.165, 1.54) is 0 Å². The molecule has 0 aliphatic rings. The van der Waals surface area contributed by atoms with E-state index in [0.29, 0.717) is 23.8 Å². The van der Waals surface area contributed by atoms with Crippen LogP contribution in [0.15, 0.2) is 18.6 Å². The Morgan fingerprint density at radius 3 is 3.11 bits per heavy atom. The van der Waals surface area contributed by atoms with E-state index < -0.39 is 0 Å². The van der Waals surface area contributed by atoms with Gasteiger partial charge in [-0.2, -0.15) is 0 Å². The number of hydrogen-bond donors (Lipinski definition) is 2. The molecule has 0 bridgehead atoms. The third kappa shape index (κ3) is 2.93. The fourth-order valence-corrected chi connectivity index (χ4v) is 1.80. The van der Waals surface area contributed by atoms with Gasteiger partial charge in [-0.25, -0.2) is 9.97 Å². The van der Waals surface area contributed by atoms with Crippen molar-refractivity contribution in [1.82, 2.24) is 19.7 Å². The van der Waals surface area contributed by atoms with Gasteiger partial charge in [0, 0.05) is 26.0 Å². The van der Waals surface area contributed by atoms with E-state index in [9.17, 15) is 4.79 Å². The van der Waals surface area contributed by atoms with Gasteiger partial charge in [-0.3, -0.25) is 4.79 Å². The van der Waals surface area contributed by atoms with Crippen LogP contribution in [0.5, 0.6) is 0 Å². The van der Waals surface area contributed by atoms with Gasteiger partial charge in [-0.15, -0.1) is 0 Å². The number of likely N-dealkylation sites (N-methyl/N-ethyl adjacent to an activating group) is 1. The number of nitrogens with one attached hydrogen (secondary N) is 1. The lowest BCUT2D eigenvalue weighted by molar-refractivity contribution is -0.119. The summed E-state index contributed by atoms with van der Waals surface area (Å²) in [5.74, 6) is 0.941. The molecule has 2 aromatic rings. The summed E-state index contributed by atoms with van der Waals surface area (Å²) in [5, 5.41) is 2.82. The molecule has 19 heavy (non-hydrogen) atoms. The summed E-state index contributed by atoms with van der Waals surface area (Å²) in [5.41, 5.74) is 6.43. The molecule has 0 radical (unpaired) electrons. The van der Waals surface area contributed by atoms with Gasteiger partial charge in [0.25, 0.3) is 0 Å². The highest BCUT2D eigenvalue weighted by Gasteiger charge is 2.13. The summed E-state index contributed by atoms with van der Waals surface area (Å²) in [6.07, 6.45) is 6.07. The second kappa shape index (κ2) is 5.55. The monoisotopic (exact) mass is 262 g/mol. The fourth-order valence-electron chi connectivity index (χ4n) is 1.80. The molecule has 3 N–H and O–H groups in total. The van der Waals surface area contributed by atoms with Crippen molar-refractivity contribution in [3.05, 3.63) is 18.6 Å². The molecule has 1 amide bonds. The highest BCUT2D eigenvalue weighted by Crippen LogP contribution is 2.17. The zero-order chi connectivity index (χ0) is 13.8. The van der Waals surface area contributed by atoms with Gasteiger partial charge in [0.05, 0.1) is 12.7 Å². The molecule has 7 nitrogen and oxygen atoms in total. The molecule has 0 aliphatic heterocycles. The molecular weight excluding hydrogens is 244 g/mol. The Labute approximate surface area is 111 Å². The maximum Gasteiger partial charge on any atom is 0.239 e. The minimum absolute atomic E-state index is 0.0433. The number of nitrogen functional groups attached to an aromatic ring is 1. The number of nitrogens with zero attached hydrogens (tertiary/aromatic N) is 4. The first kappa shape index (κ1) is 13.1. The number of anilines is 2. The van der Waals surface area contributed by atoms with Crippen LogP contribution in [-0.4, -0.2) is 40.4 Å². The Bertz CT molecular complexity index is 579. The van der Waals surface area contributed by atoms with E-state index in [2.05, 4.69) is 15.3 Å². The molecule has 0 fully saturated rings. The van der Waals surface area contributed by atoms with Crippen LogP contribution in [0.25, 0.3) is 5.65 Å². The van der Waals surface area contributed by atoms with Crippen LogP contribution in [0.4, 0.5) is 11.6 Å². The lowest BCUT2D eigenvalue weighted by Gasteiger charge is -2.18. The largest absolute Gasteiger partial charge is 0.382 e. The molecule has 0 aromatic carbocycles. The summed E-state index contributed by atoms with van der Waals surface area (Å²) >= 11 is 0. The lowest BCUT2D eigenvalue weighted by atomic mass is 10.4. The van der Waals surface area contributed by atoms with Crippen molar-refractivity contribution in [3.8, 4) is 0 Å². The SMILES string of the molecule is CCCNC(=O)CN(C)c1nc(N)cn2ccnc12. The van der Waals surface area contributed by atoms with Crippen LogP contribution in [0.3, 0.4) is 0 Å². The van der Waals surface area contributed by atoms with Crippen LogP contribution in [0.1, 0.15) is 13.3 Å². The molecule has 0 atom stereocenters. The molecule has 2 rings (SSSR count). The number of carbonyl (C=O) groups is 1. The first-order valence-corrected chi connectivity index (χ1v) is 6.19. The topological polar surface area (TPSA) is 88.5 Å². The minimum atomic E-state index is -0.0433. The van der Waals surface area contributed by atoms with Crippen molar-refractivity contribution < 1.29 is 4.79 Å². The normalized spacial score (nSPS) is 10.6. The van der Waals surface area contributed by atoms with Gasteiger partial charge >= 0.3 is 0 Å². The van der Waals surface area contributed by atoms with Crippen LogP contribution in [0, 0.1) is 0 Å². The molecule has 0 aliphatic carbocycles. The second-order valence-electron chi connectivity index (χ2n) is 4.35. The molecule has 2 heterocycles. The number of carbonyl (C=O) groups excluding carboxylic acids is 1. The summed E-state index contributed by atoms with van der Waals surface area (Å²) in [7, 11) is 1.79. The van der Waals surface area contributed by atoms with Crippen molar-refractivity contribution in [3.63, 3.8) is 0 Å². The van der Waals surface area contributed by atoms with Crippen molar-refractivity contribution >= 4 is 23.2 Å². The molecule has 102 valence electrons. The third-order valence-electron chi connectivity index (χ3n) is 2.69. The number of hydrogen-bond acceptors (Lipinski definition) is 5. The van der Waals surface area contributed by atoms with Gasteiger partial charge < -0.3 is 20.4 Å². The number of imidazole rings is 1. The Kier molecular flexibility index (Phi) is 3.84. The number of fused-ring (bicyclic) bond motifs is 1. The Morgan fingerprint density at radius 2 is 2.37 bits per heavy atom. The standard InChI is InChI=1S/C12H18N6O/c1-3-4-14-10(19)8-17(2)12-11-15-5-6-18(11)7-9(13)16-12/h5-7H,3-4,8,13H2,1-2H3,(H,14,19). The Morgan fingerprint density at radius 1 is 1.58 bits per heavy atom. The molecule has 0 unspecified atom stereocenters. The predicted molar refractivity (Wildman–Crippen MR) is 74.0 cm³/mol. The van der Waals surface area contributed by atoms with E-state index in [-0.39, 0.29) is 12.5 Å². The smallest absolute Gasteiger partial charge is 0.239 e. The molecule has 0 saturated heterocycles. The van der Waals surface area contributed by atoms with Gasteiger partial charge in [-0.1, -0.05) is 6.92 Å². The highest BCUT2D eigenvalue weighted by molar-refractivity contribution is 5.82. The van der Waals surface area contributed by atoms with E-state index in [1.807, 2.05) is 6.92 Å². The van der Waals surface area contributed by atoms with Crippen molar-refractivity contribution in [2.24, 2.45) is 0 Å². The summed E-state index contributed by atoms with van der Waals surface area (Å²) < 4.78 is 1.79. The average Bonchev–Trinajstić information content (AvgIpc) is 2.83. The van der Waals surface area contributed by atoms with Crippen LogP contribution in [-0.2, 0) is 4.79 Å². The maximum atomic E-state index is 11.7. The van der Waals surface area contributed by atoms with Gasteiger partial charge in [0.15, 0.2) is 11.5 Å². The quantitative estimate of drug-likeness (QED) is 0.807. The minimum Gasteiger partial charge on any atom is -0.382 e. The second-order valence-corrected chi connectivity index (χ2v) is 4.35. The van der Waals surface area contributed by atoms with Crippen molar-refractivity contribution in [2.45, 2.75) is 13.3 Å². The summed E-state index contributed by atoms with van der Waals surface area (Å²) in [6.45, 7) is 2.91. The first-order chi connectivity index (χ1) is 9.11. The zero-order valence-corrected chi connectivity index (χ0v) is 11.1. The number of amides is 1. The molecule has 0 saturated carbocycles. The Hall–Kier alpha value is -2.31. The Balaban J connectivity index is 2.18. The van der Waals surface area contributed by atoms with Crippen molar-refractivity contribution in [2.75, 3.05) is 30.8 Å². The van der Waals surface area contributed by atoms with Crippen LogP contribution in [0.2, 0.25) is 0 Å². The maximum absolute atomic E-state index is 11.7. The highest BCUT2D eigenvalue weighted by atomic mass is 16.2. The first-order valence-electron chi connectivity index (χ1n) is 6.19. The van der Waals surface area contributed by atoms with E-state index in [1.54, 1.807) is 34.9 Å². The predicted octanol–water partition coefficient (Wildman–Crippen LogP) is 0.274. The van der Waals surface area contributed by atoms with E-state index in [4.69, 9.17) is 5.73 Å². The molecule has 0 spiro atoms. The number of rotatable bonds is 5. The summed E-state index contributed by atoms with van der Waals surface area (Å²) in [4.78, 5) is 21.9. The average molecular weight is 262 g/mol. The zero-order valence-electron chi connectivity index (χ0n) is 11.1. The molecular formula is C12H18N6O. The summed E-state index contributed by atoms with van der Waals surface area (Å²) in [6, 6.07) is 0. The molecule has 7 heteroatoms. The van der Waals surface area contributed by atoms with Gasteiger partial charge in [0.2, 0.25) is 5.91 Å². The van der Waals surface area contributed by atoms with Crippen LogP contribution >= 0.6 is 0 Å². The third-order valence-corrected chi connectivity index (χ3v) is 2.69. The van der Waals surface area contributed by atoms with Gasteiger partial charge in [0.1, 0.15) is 5.82 Å². The van der Waals surface area contributed by atoms with E-state index in [0.717, 1.165) is 6.42 Å². The van der Waals surface area contributed by atoms with Crippen molar-refractivity contribution in [1.29, 1.82) is 0 Å². The lowest BCUT2D eigenvalue weighted by Crippen LogP contribution is -2.36. The van der Waals surface area contributed by atoms with Crippen LogP contribution < -0.4 is 16.0 Å². The van der Waals surface area contributed by atoms with E-state index >= 15 is 0 Å².